The minimum atomic E-state index is -2.23. The molecule has 2 fully saturated rings. The van der Waals surface area contributed by atoms with Crippen molar-refractivity contribution in [1.29, 1.82) is 0 Å². The predicted octanol–water partition coefficient (Wildman–Crippen LogP) is 7.62. The van der Waals surface area contributed by atoms with Gasteiger partial charge < -0.3 is 50.3 Å². The Hall–Kier alpha value is 1.08. The summed E-state index contributed by atoms with van der Waals surface area (Å²) in [6.07, 6.45) is -7.01. The Labute approximate surface area is 319 Å². The van der Waals surface area contributed by atoms with Gasteiger partial charge in [-0.15, -0.1) is 0 Å². The van der Waals surface area contributed by atoms with Gasteiger partial charge >= 0.3 is 0 Å². The van der Waals surface area contributed by atoms with Crippen LogP contribution in [0.25, 0.3) is 0 Å². The van der Waals surface area contributed by atoms with Crippen LogP contribution in [0.2, 0.25) is 137 Å². The van der Waals surface area contributed by atoms with Crippen LogP contribution in [0.5, 0.6) is 0 Å². The third-order valence-corrected chi connectivity index (χ3v) is 14.3. The van der Waals surface area contributed by atoms with Crippen LogP contribution in [0.15, 0.2) is 0 Å². The van der Waals surface area contributed by atoms with E-state index in [1.807, 2.05) is 0 Å². The maximum absolute atomic E-state index is 11.9. The van der Waals surface area contributed by atoms with Crippen LogP contribution in [0.1, 0.15) is 0 Å². The van der Waals surface area contributed by atoms with E-state index in [1.54, 1.807) is 0 Å². The Morgan fingerprint density at radius 1 is 0.373 bits per heavy atom. The Balaban J connectivity index is 2.76. The van der Waals surface area contributed by atoms with Crippen LogP contribution in [-0.4, -0.2) is 138 Å². The number of ether oxygens (including phenoxy) is 3. The number of hydrogen-bond donors (Lipinski definition) is 1. The highest BCUT2D eigenvalue weighted by molar-refractivity contribution is 6.72. The third kappa shape index (κ3) is 18.3. The minimum Gasteiger partial charge on any atom is -0.415 e. The zero-order valence-electron chi connectivity index (χ0n) is 36.2. The quantitative estimate of drug-likeness (QED) is 0.138. The van der Waals surface area contributed by atoms with Gasteiger partial charge in [-0.1, -0.05) is 0 Å². The molecule has 0 aromatic heterocycles. The first kappa shape index (κ1) is 48.2. The molecule has 0 aromatic carbocycles. The summed E-state index contributed by atoms with van der Waals surface area (Å²) in [4.78, 5) is 0. The number of rotatable bonds is 18. The molecule has 2 heterocycles. The van der Waals surface area contributed by atoms with Gasteiger partial charge in [0.15, 0.2) is 70.8 Å². The van der Waals surface area contributed by atoms with Crippen molar-refractivity contribution in [3.8, 4) is 0 Å². The van der Waals surface area contributed by atoms with Crippen LogP contribution in [0.4, 0.5) is 0 Å². The largest absolute Gasteiger partial charge is 0.415 e. The molecule has 0 radical (unpaired) electrons. The van der Waals surface area contributed by atoms with Crippen LogP contribution in [0.3, 0.4) is 0 Å². The Kier molecular flexibility index (Phi) is 16.7. The summed E-state index contributed by atoms with van der Waals surface area (Å²) < 4.78 is 68.1. The maximum Gasteiger partial charge on any atom is 0.186 e. The van der Waals surface area contributed by atoms with Crippen molar-refractivity contribution in [2.24, 2.45) is 0 Å². The molecule has 2 aliphatic heterocycles. The Morgan fingerprint density at radius 3 is 1.00 bits per heavy atom. The average molecular weight is 848 g/mol. The van der Waals surface area contributed by atoms with Crippen molar-refractivity contribution in [1.82, 2.24) is 0 Å². The Bertz CT molecular complexity index is 1070. The number of hydrogen-bond acceptors (Lipinski definition) is 11. The standard InChI is InChI=1S/C33H78O11Si7/c1-45(2,3)35-22-24-26(40-47(7,8)9)28(42-49(13,14)15)30(32(34)37-24)39-33-31(44-51(19,20)21)29(43-50(16,17)18)27(41-48(10,11)12)25(38-33)23-36-46(4,5)6/h24-34H,22-23H2,1-21H3/t24-,25-,26-,27+,28-,29+,30+,31-,32+,33+/m0/s1. The zero-order chi connectivity index (χ0) is 39.8. The van der Waals surface area contributed by atoms with Crippen LogP contribution in [0, 0.1) is 0 Å². The molecule has 11 nitrogen and oxygen atoms in total. The molecule has 0 saturated carbocycles. The van der Waals surface area contributed by atoms with Gasteiger partial charge in [-0.3, -0.25) is 0 Å². The second kappa shape index (κ2) is 17.7. The lowest BCUT2D eigenvalue weighted by atomic mass is 9.97. The molecule has 0 spiro atoms. The molecule has 0 aromatic rings. The summed E-state index contributed by atoms with van der Waals surface area (Å²) in [5, 5.41) is 11.9. The van der Waals surface area contributed by atoms with Crippen molar-refractivity contribution in [2.75, 3.05) is 13.2 Å². The fourth-order valence-electron chi connectivity index (χ4n) is 5.83. The molecule has 0 unspecified atom stereocenters. The molecule has 304 valence electrons. The smallest absolute Gasteiger partial charge is 0.186 e. The zero-order valence-corrected chi connectivity index (χ0v) is 43.2. The molecule has 0 aliphatic carbocycles. The molecule has 0 amide bonds. The number of aliphatic hydroxyl groups is 1. The highest BCUT2D eigenvalue weighted by Crippen LogP contribution is 2.38. The topological polar surface area (TPSA) is 113 Å². The molecular formula is C33H78O11Si7. The van der Waals surface area contributed by atoms with E-state index in [-0.39, 0.29) is 0 Å². The van der Waals surface area contributed by atoms with E-state index in [2.05, 4.69) is 137 Å². The van der Waals surface area contributed by atoms with E-state index in [1.165, 1.54) is 0 Å². The molecule has 18 heteroatoms. The first-order valence-corrected chi connectivity index (χ1v) is 42.7. The van der Waals surface area contributed by atoms with Crippen LogP contribution >= 0.6 is 0 Å². The summed E-state index contributed by atoms with van der Waals surface area (Å²) in [6.45, 7) is 46.0. The lowest BCUT2D eigenvalue weighted by Gasteiger charge is -2.53. The van der Waals surface area contributed by atoms with Crippen molar-refractivity contribution in [3.63, 3.8) is 0 Å². The van der Waals surface area contributed by atoms with E-state index >= 15 is 0 Å². The molecular weight excluding hydrogens is 769 g/mol. The van der Waals surface area contributed by atoms with E-state index in [0.29, 0.717) is 13.2 Å². The summed E-state index contributed by atoms with van der Waals surface area (Å²) in [7, 11) is -14.8. The Morgan fingerprint density at radius 2 is 0.667 bits per heavy atom. The van der Waals surface area contributed by atoms with Crippen LogP contribution in [-0.2, 0) is 45.2 Å². The van der Waals surface area contributed by atoms with E-state index < -0.39 is 120 Å². The lowest BCUT2D eigenvalue weighted by molar-refractivity contribution is -0.354. The molecule has 51 heavy (non-hydrogen) atoms. The highest BCUT2D eigenvalue weighted by atomic mass is 28.4. The maximum atomic E-state index is 11.9. The average Bonchev–Trinajstić information content (AvgIpc) is 2.84. The summed E-state index contributed by atoms with van der Waals surface area (Å²) in [5.74, 6) is 0. The summed E-state index contributed by atoms with van der Waals surface area (Å²) in [5.41, 5.74) is 0. The second-order valence-corrected chi connectivity index (χ2v) is 52.4. The minimum absolute atomic E-state index is 0.291. The molecule has 2 rings (SSSR count). The monoisotopic (exact) mass is 846 g/mol. The van der Waals surface area contributed by atoms with Gasteiger partial charge in [0.05, 0.1) is 13.2 Å². The van der Waals surface area contributed by atoms with Crippen molar-refractivity contribution in [3.05, 3.63) is 0 Å². The van der Waals surface area contributed by atoms with Gasteiger partial charge in [0, 0.05) is 0 Å². The predicted molar refractivity (Wildman–Crippen MR) is 224 cm³/mol. The van der Waals surface area contributed by atoms with E-state index in [0.717, 1.165) is 0 Å². The molecule has 0 bridgehead atoms. The SMILES string of the molecule is C[Si](C)(C)OC[C@@H]1O[C@@H](O)[C@H](O[C@H]2O[C@@H](CO[Si](C)(C)C)[C@@H](O[Si](C)(C)C)[C@@H](O[Si](C)(C)C)[C@@H]2O[Si](C)(C)C)[C@@H](O[Si](C)(C)C)[C@H]1O[Si](C)(C)C. The van der Waals surface area contributed by atoms with Gasteiger partial charge in [-0.2, -0.15) is 0 Å². The lowest BCUT2D eigenvalue weighted by Crippen LogP contribution is -2.69. The van der Waals surface area contributed by atoms with Gasteiger partial charge in [0.1, 0.15) is 48.8 Å². The molecule has 2 saturated heterocycles. The second-order valence-electron chi connectivity index (χ2n) is 21.0. The van der Waals surface area contributed by atoms with Gasteiger partial charge in [-0.05, 0) is 137 Å². The normalized spacial score (nSPS) is 32.4. The fraction of sp³-hybridized carbons (Fsp3) is 1.00. The summed E-state index contributed by atoms with van der Waals surface area (Å²) in [6, 6.07) is 0. The third-order valence-electron chi connectivity index (χ3n) is 7.30. The molecule has 2 aliphatic rings. The van der Waals surface area contributed by atoms with E-state index in [9.17, 15) is 5.11 Å². The first-order chi connectivity index (χ1) is 22.5. The van der Waals surface area contributed by atoms with Gasteiger partial charge in [0.25, 0.3) is 0 Å². The van der Waals surface area contributed by atoms with Crippen molar-refractivity contribution >= 4 is 58.2 Å². The summed E-state index contributed by atoms with van der Waals surface area (Å²) >= 11 is 0. The fourth-order valence-corrected chi connectivity index (χ4v) is 12.6. The van der Waals surface area contributed by atoms with Gasteiger partial charge in [0.2, 0.25) is 0 Å². The van der Waals surface area contributed by atoms with E-state index in [4.69, 9.17) is 45.2 Å². The molecule has 10 atom stereocenters. The molecule has 1 N–H and O–H groups in total. The van der Waals surface area contributed by atoms with Crippen molar-refractivity contribution in [2.45, 2.75) is 199 Å². The van der Waals surface area contributed by atoms with Crippen LogP contribution < -0.4 is 0 Å². The highest BCUT2D eigenvalue weighted by Gasteiger charge is 2.56. The first-order valence-electron chi connectivity index (χ1n) is 18.8. The van der Waals surface area contributed by atoms with Gasteiger partial charge in [-0.25, -0.2) is 0 Å². The van der Waals surface area contributed by atoms with Crippen molar-refractivity contribution < 1.29 is 50.3 Å². The number of aliphatic hydroxyl groups excluding tert-OH is 1.